The number of amides is 2. The van der Waals surface area contributed by atoms with Gasteiger partial charge in [-0.3, -0.25) is 9.59 Å². The van der Waals surface area contributed by atoms with Crippen LogP contribution in [0.3, 0.4) is 0 Å². The Balaban J connectivity index is 2.07. The van der Waals surface area contributed by atoms with Crippen molar-refractivity contribution in [3.63, 3.8) is 0 Å². The van der Waals surface area contributed by atoms with Gasteiger partial charge in [0.2, 0.25) is 11.8 Å². The zero-order chi connectivity index (χ0) is 22.7. The van der Waals surface area contributed by atoms with Crippen LogP contribution in [0.1, 0.15) is 31.1 Å². The number of hydrogen-bond acceptors (Lipinski definition) is 5. The predicted octanol–water partition coefficient (Wildman–Crippen LogP) is 2.59. The van der Waals surface area contributed by atoms with Crippen molar-refractivity contribution in [1.29, 1.82) is 0 Å². The lowest BCUT2D eigenvalue weighted by molar-refractivity contribution is -0.129. The molecule has 3 atom stereocenters. The van der Waals surface area contributed by atoms with E-state index < -0.39 is 18.0 Å². The molecule has 7 nitrogen and oxygen atoms in total. The van der Waals surface area contributed by atoms with Gasteiger partial charge in [0.1, 0.15) is 17.5 Å². The second-order valence-electron chi connectivity index (χ2n) is 8.08. The van der Waals surface area contributed by atoms with Gasteiger partial charge in [-0.05, 0) is 19.1 Å². The van der Waals surface area contributed by atoms with Gasteiger partial charge in [-0.2, -0.15) is 0 Å². The second-order valence-corrected chi connectivity index (χ2v) is 8.08. The van der Waals surface area contributed by atoms with Crippen molar-refractivity contribution in [3.05, 3.63) is 47.9 Å². The van der Waals surface area contributed by atoms with Gasteiger partial charge in [0.15, 0.2) is 0 Å². The number of aliphatic hydroxyl groups excluding tert-OH is 1. The highest BCUT2D eigenvalue weighted by atomic mass is 19.1. The van der Waals surface area contributed by atoms with E-state index in [1.807, 2.05) is 6.92 Å². The second kappa shape index (κ2) is 9.43. The van der Waals surface area contributed by atoms with Gasteiger partial charge in [-0.25, -0.2) is 9.37 Å². The highest BCUT2D eigenvalue weighted by Crippen LogP contribution is 2.31. The van der Waals surface area contributed by atoms with Crippen LogP contribution in [0.4, 0.5) is 4.39 Å². The van der Waals surface area contributed by atoms with Crippen LogP contribution in [0.5, 0.6) is 5.88 Å². The fraction of sp³-hybridized carbons (Fsp3) is 0.435. The Morgan fingerprint density at radius 2 is 2.10 bits per heavy atom. The summed E-state index contributed by atoms with van der Waals surface area (Å²) in [7, 11) is 1.69. The summed E-state index contributed by atoms with van der Waals surface area (Å²) in [6, 6.07) is 7.42. The van der Waals surface area contributed by atoms with Gasteiger partial charge in [-0.1, -0.05) is 25.1 Å². The van der Waals surface area contributed by atoms with Crippen LogP contribution < -0.4 is 4.74 Å². The van der Waals surface area contributed by atoms with Crippen molar-refractivity contribution in [2.75, 3.05) is 26.7 Å². The maximum atomic E-state index is 14.3. The minimum atomic E-state index is -0.427. The van der Waals surface area contributed by atoms with Crippen LogP contribution in [-0.2, 0) is 4.79 Å². The lowest BCUT2D eigenvalue weighted by Gasteiger charge is -2.37. The lowest BCUT2D eigenvalue weighted by Crippen LogP contribution is -2.50. The third-order valence-electron chi connectivity index (χ3n) is 5.70. The minimum absolute atomic E-state index is 0.0994. The van der Waals surface area contributed by atoms with Crippen molar-refractivity contribution in [2.24, 2.45) is 5.92 Å². The molecule has 166 valence electrons. The summed E-state index contributed by atoms with van der Waals surface area (Å²) in [6.45, 7) is 5.62. The number of nitrogens with zero attached hydrogens (tertiary/aromatic N) is 3. The highest BCUT2D eigenvalue weighted by molar-refractivity contribution is 5.98. The van der Waals surface area contributed by atoms with Gasteiger partial charge >= 0.3 is 0 Å². The average Bonchev–Trinajstić information content (AvgIpc) is 2.75. The molecule has 0 saturated carbocycles. The zero-order valence-corrected chi connectivity index (χ0v) is 18.2. The predicted molar refractivity (Wildman–Crippen MR) is 114 cm³/mol. The first-order valence-corrected chi connectivity index (χ1v) is 10.3. The number of carbonyl (C=O) groups is 2. The van der Waals surface area contributed by atoms with Crippen molar-refractivity contribution >= 4 is 11.8 Å². The highest BCUT2D eigenvalue weighted by Gasteiger charge is 2.34. The fourth-order valence-corrected chi connectivity index (χ4v) is 3.56. The first-order chi connectivity index (χ1) is 14.7. The van der Waals surface area contributed by atoms with Gasteiger partial charge in [0, 0.05) is 43.8 Å². The number of carbonyl (C=O) groups excluding carboxylic acids is 2. The molecule has 1 aliphatic heterocycles. The van der Waals surface area contributed by atoms with E-state index in [1.54, 1.807) is 48.0 Å². The van der Waals surface area contributed by atoms with Gasteiger partial charge in [0.25, 0.3) is 5.91 Å². The summed E-state index contributed by atoms with van der Waals surface area (Å²) in [6.07, 6.45) is 1.06. The smallest absolute Gasteiger partial charge is 0.259 e. The van der Waals surface area contributed by atoms with Gasteiger partial charge < -0.3 is 19.6 Å². The number of ether oxygens (including phenoxy) is 1. The molecule has 0 bridgehead atoms. The molecule has 1 aliphatic rings. The number of hydrogen-bond donors (Lipinski definition) is 1. The third-order valence-corrected chi connectivity index (χ3v) is 5.70. The summed E-state index contributed by atoms with van der Waals surface area (Å²) in [5.41, 5.74) is 0.982. The van der Waals surface area contributed by atoms with E-state index in [1.165, 1.54) is 19.2 Å². The number of aromatic nitrogens is 1. The molecule has 1 aromatic carbocycles. The molecule has 1 aromatic heterocycles. The van der Waals surface area contributed by atoms with Crippen LogP contribution in [0.25, 0.3) is 11.1 Å². The molecule has 0 radical (unpaired) electrons. The summed E-state index contributed by atoms with van der Waals surface area (Å²) >= 11 is 0. The molecule has 0 fully saturated rings. The van der Waals surface area contributed by atoms with Gasteiger partial charge in [-0.15, -0.1) is 0 Å². The fourth-order valence-electron chi connectivity index (χ4n) is 3.56. The molecule has 2 aromatic rings. The Bertz CT molecular complexity index is 968. The number of aliphatic hydroxyl groups is 1. The van der Waals surface area contributed by atoms with Crippen LogP contribution in [0, 0.1) is 11.7 Å². The third kappa shape index (κ3) is 4.85. The molecule has 0 spiro atoms. The van der Waals surface area contributed by atoms with E-state index in [0.29, 0.717) is 24.2 Å². The van der Waals surface area contributed by atoms with Crippen LogP contribution >= 0.6 is 0 Å². The molecule has 31 heavy (non-hydrogen) atoms. The van der Waals surface area contributed by atoms with Crippen molar-refractivity contribution in [1.82, 2.24) is 14.8 Å². The van der Waals surface area contributed by atoms with Crippen molar-refractivity contribution in [3.8, 4) is 17.0 Å². The molecule has 8 heteroatoms. The minimum Gasteiger partial charge on any atom is -0.472 e. The van der Waals surface area contributed by atoms with E-state index in [9.17, 15) is 19.1 Å². The van der Waals surface area contributed by atoms with E-state index in [-0.39, 0.29) is 35.8 Å². The van der Waals surface area contributed by atoms with Crippen LogP contribution in [0.15, 0.2) is 36.5 Å². The Labute approximate surface area is 181 Å². The standard InChI is InChI=1S/C23H28FN3O4/c1-14-11-27(15(2)13-28)23(30)19-9-17(18-7-5-6-8-20(18)24)10-25-22(19)31-21(14)12-26(4)16(3)29/h5-10,14-15,21,28H,11-13H2,1-4H3/t14-,15-,21+/m1/s1. The molecule has 0 saturated heterocycles. The normalized spacial score (nSPS) is 19.7. The molecule has 2 heterocycles. The zero-order valence-electron chi connectivity index (χ0n) is 18.2. The number of likely N-dealkylation sites (N-methyl/N-ethyl adjacent to an activating group) is 1. The maximum Gasteiger partial charge on any atom is 0.259 e. The monoisotopic (exact) mass is 429 g/mol. The summed E-state index contributed by atoms with van der Waals surface area (Å²) in [5, 5.41) is 9.71. The molecular weight excluding hydrogens is 401 g/mol. The Kier molecular flexibility index (Phi) is 6.90. The van der Waals surface area contributed by atoms with Gasteiger partial charge in [0.05, 0.1) is 19.2 Å². The lowest BCUT2D eigenvalue weighted by atomic mass is 9.99. The quantitative estimate of drug-likeness (QED) is 0.790. The van der Waals surface area contributed by atoms with E-state index >= 15 is 0 Å². The number of rotatable bonds is 5. The molecular formula is C23H28FN3O4. The van der Waals surface area contributed by atoms with Crippen LogP contribution in [0.2, 0.25) is 0 Å². The Morgan fingerprint density at radius 1 is 1.39 bits per heavy atom. The first-order valence-electron chi connectivity index (χ1n) is 10.3. The maximum absolute atomic E-state index is 14.3. The van der Waals surface area contributed by atoms with E-state index in [4.69, 9.17) is 4.74 Å². The number of benzene rings is 1. The van der Waals surface area contributed by atoms with E-state index in [2.05, 4.69) is 4.98 Å². The van der Waals surface area contributed by atoms with E-state index in [0.717, 1.165) is 0 Å². The Hall–Kier alpha value is -3.00. The molecule has 0 aliphatic carbocycles. The molecule has 1 N–H and O–H groups in total. The number of halogens is 1. The number of pyridine rings is 1. The first kappa shape index (κ1) is 22.7. The topological polar surface area (TPSA) is 83.0 Å². The largest absolute Gasteiger partial charge is 0.472 e. The molecule has 3 rings (SSSR count). The van der Waals surface area contributed by atoms with Crippen molar-refractivity contribution < 1.29 is 23.8 Å². The summed E-state index contributed by atoms with van der Waals surface area (Å²) < 4.78 is 20.4. The average molecular weight is 429 g/mol. The summed E-state index contributed by atoms with van der Waals surface area (Å²) in [5.74, 6) is -0.849. The SMILES string of the molecule is CC(=O)N(C)C[C@@H]1Oc2ncc(-c3ccccc3F)cc2C(=O)N([C@H](C)CO)C[C@H]1C. The van der Waals surface area contributed by atoms with Crippen LogP contribution in [-0.4, -0.2) is 70.6 Å². The molecule has 0 unspecified atom stereocenters. The van der Waals surface area contributed by atoms with Crippen molar-refractivity contribution in [2.45, 2.75) is 32.9 Å². The summed E-state index contributed by atoms with van der Waals surface area (Å²) in [4.78, 5) is 32.6. The Morgan fingerprint density at radius 3 is 2.74 bits per heavy atom. The molecule has 2 amide bonds. The number of fused-ring (bicyclic) bond motifs is 1.